The molecule has 0 saturated carbocycles. The van der Waals surface area contributed by atoms with Crippen molar-refractivity contribution in [2.45, 2.75) is 13.5 Å². The Morgan fingerprint density at radius 3 is 2.76 bits per heavy atom. The number of anilines is 2. The molecule has 2 N–H and O–H groups in total. The summed E-state index contributed by atoms with van der Waals surface area (Å²) in [5.41, 5.74) is 0. The standard InChI is InChI=1S/C11H16N6/c1-2-12-10-8-11(15-9-14-10)13-5-7-17-6-3-4-16-17/h3-4,6,8-9H,2,5,7H2,1H3,(H2,12,13,14,15). The molecule has 0 aromatic carbocycles. The minimum Gasteiger partial charge on any atom is -0.370 e. The number of nitrogens with one attached hydrogen (secondary N) is 2. The van der Waals surface area contributed by atoms with Gasteiger partial charge in [-0.2, -0.15) is 5.10 Å². The van der Waals surface area contributed by atoms with Crippen molar-refractivity contribution in [3.8, 4) is 0 Å². The third-order valence-electron chi connectivity index (χ3n) is 2.23. The van der Waals surface area contributed by atoms with E-state index in [2.05, 4.69) is 25.7 Å². The van der Waals surface area contributed by atoms with E-state index in [1.807, 2.05) is 29.9 Å². The topological polar surface area (TPSA) is 67.7 Å². The van der Waals surface area contributed by atoms with Gasteiger partial charge in [-0.05, 0) is 13.0 Å². The third-order valence-corrected chi connectivity index (χ3v) is 2.23. The summed E-state index contributed by atoms with van der Waals surface area (Å²) in [5.74, 6) is 1.66. The number of nitrogens with zero attached hydrogens (tertiary/aromatic N) is 4. The Morgan fingerprint density at radius 1 is 1.24 bits per heavy atom. The van der Waals surface area contributed by atoms with Crippen molar-refractivity contribution < 1.29 is 0 Å². The van der Waals surface area contributed by atoms with Crippen molar-refractivity contribution in [2.24, 2.45) is 0 Å². The number of rotatable bonds is 6. The Balaban J connectivity index is 1.84. The van der Waals surface area contributed by atoms with Crippen LogP contribution in [-0.4, -0.2) is 32.8 Å². The molecule has 2 aromatic heterocycles. The fourth-order valence-corrected chi connectivity index (χ4v) is 1.46. The number of aromatic nitrogens is 4. The Bertz CT molecular complexity index is 439. The van der Waals surface area contributed by atoms with Crippen LogP contribution in [0.2, 0.25) is 0 Å². The highest BCUT2D eigenvalue weighted by atomic mass is 15.3. The minimum absolute atomic E-state index is 0.782. The molecule has 17 heavy (non-hydrogen) atoms. The van der Waals surface area contributed by atoms with Gasteiger partial charge in [0.05, 0.1) is 6.54 Å². The van der Waals surface area contributed by atoms with Crippen molar-refractivity contribution in [1.82, 2.24) is 19.7 Å². The zero-order valence-electron chi connectivity index (χ0n) is 9.80. The molecule has 2 aromatic rings. The van der Waals surface area contributed by atoms with Gasteiger partial charge < -0.3 is 10.6 Å². The zero-order valence-corrected chi connectivity index (χ0v) is 9.80. The maximum atomic E-state index is 4.15. The van der Waals surface area contributed by atoms with Gasteiger partial charge >= 0.3 is 0 Å². The van der Waals surface area contributed by atoms with Gasteiger partial charge in [-0.3, -0.25) is 4.68 Å². The molecule has 0 aliphatic heterocycles. The Hall–Kier alpha value is -2.11. The summed E-state index contributed by atoms with van der Waals surface area (Å²) in [6.07, 6.45) is 5.26. The van der Waals surface area contributed by atoms with Crippen molar-refractivity contribution >= 4 is 11.6 Å². The SMILES string of the molecule is CCNc1cc(NCCn2cccn2)ncn1. The van der Waals surface area contributed by atoms with Crippen molar-refractivity contribution in [1.29, 1.82) is 0 Å². The second-order valence-corrected chi connectivity index (χ2v) is 3.51. The van der Waals surface area contributed by atoms with Crippen LogP contribution in [0.5, 0.6) is 0 Å². The summed E-state index contributed by atoms with van der Waals surface area (Å²) in [5, 5.41) is 10.5. The van der Waals surface area contributed by atoms with Crippen LogP contribution in [0.4, 0.5) is 11.6 Å². The molecule has 0 fully saturated rings. The third kappa shape index (κ3) is 3.44. The van der Waals surface area contributed by atoms with Crippen molar-refractivity contribution in [3.63, 3.8) is 0 Å². The van der Waals surface area contributed by atoms with Gasteiger partial charge in [-0.1, -0.05) is 0 Å². The first-order chi connectivity index (χ1) is 8.38. The molecule has 6 nitrogen and oxygen atoms in total. The molecule has 0 radical (unpaired) electrons. The smallest absolute Gasteiger partial charge is 0.131 e. The van der Waals surface area contributed by atoms with E-state index in [-0.39, 0.29) is 0 Å². The molecule has 0 saturated heterocycles. The summed E-state index contributed by atoms with van der Waals surface area (Å²) in [6.45, 7) is 4.48. The first-order valence-electron chi connectivity index (χ1n) is 5.65. The van der Waals surface area contributed by atoms with E-state index in [4.69, 9.17) is 0 Å². The average molecular weight is 232 g/mol. The van der Waals surface area contributed by atoms with Gasteiger partial charge in [-0.15, -0.1) is 0 Å². The summed E-state index contributed by atoms with van der Waals surface area (Å²) < 4.78 is 1.87. The number of hydrogen-bond acceptors (Lipinski definition) is 5. The molecular weight excluding hydrogens is 216 g/mol. The van der Waals surface area contributed by atoms with Gasteiger partial charge in [-0.25, -0.2) is 9.97 Å². The largest absolute Gasteiger partial charge is 0.370 e. The normalized spacial score (nSPS) is 10.2. The predicted octanol–water partition coefficient (Wildman–Crippen LogP) is 1.22. The second-order valence-electron chi connectivity index (χ2n) is 3.51. The van der Waals surface area contributed by atoms with Crippen molar-refractivity contribution in [3.05, 3.63) is 30.9 Å². The van der Waals surface area contributed by atoms with E-state index >= 15 is 0 Å². The lowest BCUT2D eigenvalue weighted by molar-refractivity contribution is 0.637. The summed E-state index contributed by atoms with van der Waals surface area (Å²) in [6, 6.07) is 3.81. The Kier molecular flexibility index (Phi) is 3.90. The molecule has 0 bridgehead atoms. The van der Waals surface area contributed by atoms with E-state index in [0.29, 0.717) is 0 Å². The van der Waals surface area contributed by atoms with Crippen LogP contribution in [0, 0.1) is 0 Å². The van der Waals surface area contributed by atoms with E-state index in [1.54, 1.807) is 12.5 Å². The quantitative estimate of drug-likeness (QED) is 0.783. The van der Waals surface area contributed by atoms with Gasteiger partial charge in [0.2, 0.25) is 0 Å². The molecule has 0 unspecified atom stereocenters. The van der Waals surface area contributed by atoms with Crippen LogP contribution in [0.3, 0.4) is 0 Å². The Morgan fingerprint density at radius 2 is 2.06 bits per heavy atom. The van der Waals surface area contributed by atoms with Crippen LogP contribution < -0.4 is 10.6 Å². The first-order valence-corrected chi connectivity index (χ1v) is 5.65. The number of hydrogen-bond donors (Lipinski definition) is 2. The average Bonchev–Trinajstić information content (AvgIpc) is 2.83. The van der Waals surface area contributed by atoms with Crippen LogP contribution >= 0.6 is 0 Å². The first kappa shape index (κ1) is 11.4. The molecule has 0 atom stereocenters. The fraction of sp³-hybridized carbons (Fsp3) is 0.364. The van der Waals surface area contributed by atoms with E-state index in [9.17, 15) is 0 Å². The lowest BCUT2D eigenvalue weighted by Gasteiger charge is -2.07. The van der Waals surface area contributed by atoms with E-state index in [0.717, 1.165) is 31.3 Å². The highest BCUT2D eigenvalue weighted by molar-refractivity contribution is 5.46. The lowest BCUT2D eigenvalue weighted by atomic mass is 10.5. The van der Waals surface area contributed by atoms with Crippen molar-refractivity contribution in [2.75, 3.05) is 23.7 Å². The molecule has 0 spiro atoms. The molecule has 2 heterocycles. The maximum absolute atomic E-state index is 4.15. The molecular formula is C11H16N6. The molecule has 0 amide bonds. The molecule has 2 rings (SSSR count). The molecule has 90 valence electrons. The van der Waals surface area contributed by atoms with Gasteiger partial charge in [0, 0.05) is 31.5 Å². The van der Waals surface area contributed by atoms with Gasteiger partial charge in [0.15, 0.2) is 0 Å². The van der Waals surface area contributed by atoms with Gasteiger partial charge in [0.1, 0.15) is 18.0 Å². The lowest BCUT2D eigenvalue weighted by Crippen LogP contribution is -2.12. The van der Waals surface area contributed by atoms with Crippen LogP contribution in [0.25, 0.3) is 0 Å². The summed E-state index contributed by atoms with van der Waals surface area (Å²) in [4.78, 5) is 8.26. The molecule has 6 heteroatoms. The maximum Gasteiger partial charge on any atom is 0.131 e. The summed E-state index contributed by atoms with van der Waals surface area (Å²) in [7, 11) is 0. The predicted molar refractivity (Wildman–Crippen MR) is 66.9 cm³/mol. The van der Waals surface area contributed by atoms with Crippen LogP contribution in [0.15, 0.2) is 30.9 Å². The monoisotopic (exact) mass is 232 g/mol. The van der Waals surface area contributed by atoms with E-state index < -0.39 is 0 Å². The zero-order chi connectivity index (χ0) is 11.9. The highest BCUT2D eigenvalue weighted by Gasteiger charge is 1.97. The molecule has 0 aliphatic rings. The second kappa shape index (κ2) is 5.83. The van der Waals surface area contributed by atoms with E-state index in [1.165, 1.54) is 0 Å². The fourth-order valence-electron chi connectivity index (χ4n) is 1.46. The summed E-state index contributed by atoms with van der Waals surface area (Å²) >= 11 is 0. The molecule has 0 aliphatic carbocycles. The Labute approximate surface area is 100 Å². The minimum atomic E-state index is 0.782. The van der Waals surface area contributed by atoms with Crippen LogP contribution in [-0.2, 0) is 6.54 Å². The van der Waals surface area contributed by atoms with Gasteiger partial charge in [0.25, 0.3) is 0 Å². The van der Waals surface area contributed by atoms with Crippen LogP contribution in [0.1, 0.15) is 6.92 Å². The highest BCUT2D eigenvalue weighted by Crippen LogP contribution is 2.07.